The lowest BCUT2D eigenvalue weighted by Gasteiger charge is -2.35. The van der Waals surface area contributed by atoms with Crippen molar-refractivity contribution in [1.29, 1.82) is 0 Å². The molecule has 0 amide bonds. The van der Waals surface area contributed by atoms with Crippen molar-refractivity contribution in [3.63, 3.8) is 0 Å². The molecule has 0 unspecified atom stereocenters. The predicted molar refractivity (Wildman–Crippen MR) is 88.2 cm³/mol. The standard InChI is InChI=1S/C14H22N6S/c1-3-4-11-12(15)13(18(2)17-11)19-6-8-20(9-7-19)14-16-5-10-21-14/h5,10H,3-4,6-9,15H2,1-2H3. The van der Waals surface area contributed by atoms with Crippen LogP contribution in [0.5, 0.6) is 0 Å². The molecule has 0 spiro atoms. The maximum atomic E-state index is 6.30. The van der Waals surface area contributed by atoms with E-state index in [1.165, 1.54) is 0 Å². The zero-order valence-corrected chi connectivity index (χ0v) is 13.4. The summed E-state index contributed by atoms with van der Waals surface area (Å²) in [4.78, 5) is 9.06. The molecule has 0 saturated carbocycles. The number of piperazine rings is 1. The van der Waals surface area contributed by atoms with Crippen LogP contribution in [0.1, 0.15) is 19.0 Å². The second-order valence-electron chi connectivity index (χ2n) is 5.35. The molecule has 2 N–H and O–H groups in total. The Morgan fingerprint density at radius 3 is 2.57 bits per heavy atom. The van der Waals surface area contributed by atoms with Crippen molar-refractivity contribution in [2.45, 2.75) is 19.8 Å². The van der Waals surface area contributed by atoms with Crippen LogP contribution in [0.4, 0.5) is 16.6 Å². The highest BCUT2D eigenvalue weighted by Gasteiger charge is 2.24. The molecule has 3 rings (SSSR count). The molecular weight excluding hydrogens is 284 g/mol. The quantitative estimate of drug-likeness (QED) is 0.932. The van der Waals surface area contributed by atoms with E-state index >= 15 is 0 Å². The molecule has 1 fully saturated rings. The Balaban J connectivity index is 1.72. The van der Waals surface area contributed by atoms with Crippen molar-refractivity contribution >= 4 is 28.0 Å². The van der Waals surface area contributed by atoms with Crippen LogP contribution in [0.3, 0.4) is 0 Å². The van der Waals surface area contributed by atoms with Crippen molar-refractivity contribution in [2.24, 2.45) is 7.05 Å². The van der Waals surface area contributed by atoms with E-state index < -0.39 is 0 Å². The van der Waals surface area contributed by atoms with Crippen molar-refractivity contribution in [1.82, 2.24) is 14.8 Å². The number of rotatable bonds is 4. The summed E-state index contributed by atoms with van der Waals surface area (Å²) in [5.41, 5.74) is 8.18. The van der Waals surface area contributed by atoms with Crippen LogP contribution in [-0.2, 0) is 13.5 Å². The van der Waals surface area contributed by atoms with E-state index in [1.54, 1.807) is 11.3 Å². The van der Waals surface area contributed by atoms with Crippen LogP contribution in [-0.4, -0.2) is 40.9 Å². The summed E-state index contributed by atoms with van der Waals surface area (Å²) in [5.74, 6) is 1.07. The number of nitrogens with two attached hydrogens (primary N) is 1. The van der Waals surface area contributed by atoms with Gasteiger partial charge in [-0.2, -0.15) is 5.10 Å². The monoisotopic (exact) mass is 306 g/mol. The molecule has 1 aliphatic rings. The first-order chi connectivity index (χ1) is 10.2. The van der Waals surface area contributed by atoms with Gasteiger partial charge < -0.3 is 15.5 Å². The first kappa shape index (κ1) is 14.2. The Kier molecular flexibility index (Phi) is 4.01. The Labute approximate surface area is 129 Å². The fraction of sp³-hybridized carbons (Fsp3) is 0.571. The molecule has 114 valence electrons. The Morgan fingerprint density at radius 2 is 1.95 bits per heavy atom. The van der Waals surface area contributed by atoms with Gasteiger partial charge in [-0.1, -0.05) is 13.3 Å². The molecule has 7 heteroatoms. The number of thiazole rings is 1. The fourth-order valence-corrected chi connectivity index (χ4v) is 3.56. The smallest absolute Gasteiger partial charge is 0.185 e. The van der Waals surface area contributed by atoms with Crippen molar-refractivity contribution in [3.05, 3.63) is 17.3 Å². The van der Waals surface area contributed by atoms with Crippen molar-refractivity contribution in [3.8, 4) is 0 Å². The van der Waals surface area contributed by atoms with Gasteiger partial charge in [0.1, 0.15) is 0 Å². The zero-order chi connectivity index (χ0) is 14.8. The van der Waals surface area contributed by atoms with Gasteiger partial charge in [0.15, 0.2) is 10.9 Å². The molecule has 21 heavy (non-hydrogen) atoms. The summed E-state index contributed by atoms with van der Waals surface area (Å²) in [6.45, 7) is 6.01. The largest absolute Gasteiger partial charge is 0.394 e. The van der Waals surface area contributed by atoms with Gasteiger partial charge >= 0.3 is 0 Å². The topological polar surface area (TPSA) is 63.2 Å². The highest BCUT2D eigenvalue weighted by atomic mass is 32.1. The van der Waals surface area contributed by atoms with E-state index in [2.05, 4.69) is 26.8 Å². The summed E-state index contributed by atoms with van der Waals surface area (Å²) in [5, 5.41) is 7.71. The summed E-state index contributed by atoms with van der Waals surface area (Å²) in [6, 6.07) is 0. The first-order valence-corrected chi connectivity index (χ1v) is 8.29. The number of hydrogen-bond acceptors (Lipinski definition) is 6. The van der Waals surface area contributed by atoms with E-state index in [0.29, 0.717) is 0 Å². The third-order valence-electron chi connectivity index (χ3n) is 3.88. The summed E-state index contributed by atoms with van der Waals surface area (Å²) < 4.78 is 1.93. The predicted octanol–water partition coefficient (Wildman–Crippen LogP) is 1.74. The normalized spacial score (nSPS) is 15.7. The zero-order valence-electron chi connectivity index (χ0n) is 12.6. The van der Waals surface area contributed by atoms with Gasteiger partial charge in [0.25, 0.3) is 0 Å². The second-order valence-corrected chi connectivity index (χ2v) is 6.22. The Hall–Kier alpha value is -1.76. The Bertz CT molecular complexity index is 583. The van der Waals surface area contributed by atoms with Gasteiger partial charge in [0.05, 0.1) is 11.4 Å². The molecule has 2 aromatic rings. The number of hydrogen-bond donors (Lipinski definition) is 1. The van der Waals surface area contributed by atoms with E-state index in [4.69, 9.17) is 5.73 Å². The van der Waals surface area contributed by atoms with Crippen LogP contribution in [0.15, 0.2) is 11.6 Å². The minimum absolute atomic E-state index is 0.849. The lowest BCUT2D eigenvalue weighted by atomic mass is 10.2. The van der Waals surface area contributed by atoms with E-state index in [1.807, 2.05) is 23.3 Å². The number of anilines is 3. The molecular formula is C14H22N6S. The van der Waals surface area contributed by atoms with Gasteiger partial charge in [-0.3, -0.25) is 4.68 Å². The van der Waals surface area contributed by atoms with Crippen LogP contribution >= 0.6 is 11.3 Å². The van der Waals surface area contributed by atoms with Gasteiger partial charge in [0.2, 0.25) is 0 Å². The molecule has 2 aromatic heterocycles. The molecule has 0 bridgehead atoms. The third-order valence-corrected chi connectivity index (χ3v) is 4.72. The Morgan fingerprint density at radius 1 is 1.24 bits per heavy atom. The number of nitrogen functional groups attached to an aromatic ring is 1. The first-order valence-electron chi connectivity index (χ1n) is 7.41. The number of aromatic nitrogens is 3. The molecule has 0 aromatic carbocycles. The molecule has 0 aliphatic carbocycles. The average molecular weight is 306 g/mol. The highest BCUT2D eigenvalue weighted by molar-refractivity contribution is 7.13. The molecule has 3 heterocycles. The molecule has 0 radical (unpaired) electrons. The van der Waals surface area contributed by atoms with Crippen LogP contribution in [0, 0.1) is 0 Å². The van der Waals surface area contributed by atoms with Crippen LogP contribution in [0.2, 0.25) is 0 Å². The lowest BCUT2D eigenvalue weighted by Crippen LogP contribution is -2.47. The molecule has 6 nitrogen and oxygen atoms in total. The minimum Gasteiger partial charge on any atom is -0.394 e. The maximum Gasteiger partial charge on any atom is 0.185 e. The average Bonchev–Trinajstić information content (AvgIpc) is 3.10. The van der Waals surface area contributed by atoms with E-state index in [-0.39, 0.29) is 0 Å². The summed E-state index contributed by atoms with van der Waals surface area (Å²) in [6.07, 6.45) is 3.87. The second kappa shape index (κ2) is 5.93. The molecule has 1 aliphatic heterocycles. The highest BCUT2D eigenvalue weighted by Crippen LogP contribution is 2.29. The summed E-state index contributed by atoms with van der Waals surface area (Å²) >= 11 is 1.70. The third kappa shape index (κ3) is 2.70. The van der Waals surface area contributed by atoms with Crippen LogP contribution < -0.4 is 15.5 Å². The summed E-state index contributed by atoms with van der Waals surface area (Å²) in [7, 11) is 1.98. The van der Waals surface area contributed by atoms with Gasteiger partial charge in [-0.25, -0.2) is 4.98 Å². The SMILES string of the molecule is CCCc1nn(C)c(N2CCN(c3nccs3)CC2)c1N. The maximum absolute atomic E-state index is 6.30. The molecule has 0 atom stereocenters. The minimum atomic E-state index is 0.849. The van der Waals surface area contributed by atoms with Crippen molar-refractivity contribution in [2.75, 3.05) is 41.7 Å². The van der Waals surface area contributed by atoms with Gasteiger partial charge in [-0.15, -0.1) is 11.3 Å². The van der Waals surface area contributed by atoms with Gasteiger partial charge in [-0.05, 0) is 6.42 Å². The van der Waals surface area contributed by atoms with E-state index in [9.17, 15) is 0 Å². The van der Waals surface area contributed by atoms with Gasteiger partial charge in [0, 0.05) is 44.8 Å². The number of aryl methyl sites for hydroxylation is 2. The molecule has 1 saturated heterocycles. The fourth-order valence-electron chi connectivity index (χ4n) is 2.86. The van der Waals surface area contributed by atoms with Crippen LogP contribution in [0.25, 0.3) is 0 Å². The van der Waals surface area contributed by atoms with Crippen molar-refractivity contribution < 1.29 is 0 Å². The van der Waals surface area contributed by atoms with E-state index in [0.717, 1.165) is 61.4 Å². The lowest BCUT2D eigenvalue weighted by molar-refractivity contribution is 0.622. The number of nitrogens with zero attached hydrogens (tertiary/aromatic N) is 5.